The van der Waals surface area contributed by atoms with Crippen LogP contribution in [0.5, 0.6) is 0 Å². The van der Waals surface area contributed by atoms with Crippen LogP contribution in [0.25, 0.3) is 0 Å². The third-order valence-electron chi connectivity index (χ3n) is 2.46. The first-order valence-electron chi connectivity index (χ1n) is 4.50. The summed E-state index contributed by atoms with van der Waals surface area (Å²) in [6, 6.07) is 0.297. The monoisotopic (exact) mass is 243 g/mol. The van der Waals surface area contributed by atoms with Crippen LogP contribution in [-0.2, 0) is 10.2 Å². The van der Waals surface area contributed by atoms with Gasteiger partial charge < -0.3 is 5.73 Å². The van der Waals surface area contributed by atoms with Gasteiger partial charge in [0.2, 0.25) is 0 Å². The highest BCUT2D eigenvalue weighted by Gasteiger charge is 2.19. The Labute approximate surface area is 91.2 Å². The topological polar surface area (TPSA) is 98.2 Å². The lowest BCUT2D eigenvalue weighted by atomic mass is 9.87. The summed E-state index contributed by atoms with van der Waals surface area (Å²) >= 11 is 0. The van der Waals surface area contributed by atoms with E-state index in [1.165, 1.54) is 0 Å². The van der Waals surface area contributed by atoms with Crippen molar-refractivity contribution in [3.05, 3.63) is 0 Å². The maximum absolute atomic E-state index is 10.6. The van der Waals surface area contributed by atoms with E-state index < -0.39 is 10.2 Å². The third-order valence-corrected chi connectivity index (χ3v) is 3.03. The molecule has 0 unspecified atom stereocenters. The van der Waals surface area contributed by atoms with Gasteiger partial charge >= 0.3 is 0 Å². The first kappa shape index (κ1) is 14.1. The lowest BCUT2D eigenvalue weighted by molar-refractivity contribution is 0.326. The fourth-order valence-corrected chi connectivity index (χ4v) is 2.09. The molecule has 1 fully saturated rings. The van der Waals surface area contributed by atoms with E-state index in [-0.39, 0.29) is 12.4 Å². The van der Waals surface area contributed by atoms with Crippen LogP contribution in [0, 0.1) is 5.92 Å². The Kier molecular flexibility index (Phi) is 5.92. The molecule has 14 heavy (non-hydrogen) atoms. The Balaban J connectivity index is 0.00000169. The summed E-state index contributed by atoms with van der Waals surface area (Å²) in [5.41, 5.74) is 5.72. The average Bonchev–Trinajstić information content (AvgIpc) is 2.02. The van der Waals surface area contributed by atoms with Gasteiger partial charge in [-0.1, -0.05) is 0 Å². The molecule has 0 aromatic heterocycles. The van der Waals surface area contributed by atoms with Crippen molar-refractivity contribution in [3.63, 3.8) is 0 Å². The van der Waals surface area contributed by atoms with Crippen molar-refractivity contribution >= 4 is 22.6 Å². The second-order valence-electron chi connectivity index (χ2n) is 3.67. The quantitative estimate of drug-likeness (QED) is 0.636. The van der Waals surface area contributed by atoms with Crippen molar-refractivity contribution in [2.75, 3.05) is 6.54 Å². The Morgan fingerprint density at radius 1 is 1.21 bits per heavy atom. The standard InChI is InChI=1S/C7H17N3O2S.ClH/c8-7-3-1-6(2-4-7)5-10-13(9,11)12;/h6-7,10H,1-5,8H2,(H2,9,11,12);1H. The van der Waals surface area contributed by atoms with Crippen LogP contribution in [0.2, 0.25) is 0 Å². The first-order valence-corrected chi connectivity index (χ1v) is 6.05. The van der Waals surface area contributed by atoms with Gasteiger partial charge in [0, 0.05) is 12.6 Å². The molecule has 7 heteroatoms. The second kappa shape index (κ2) is 5.87. The number of rotatable bonds is 3. The second-order valence-corrected chi connectivity index (χ2v) is 5.05. The predicted octanol–water partition coefficient (Wildman–Crippen LogP) is -0.281. The minimum absolute atomic E-state index is 0. The summed E-state index contributed by atoms with van der Waals surface area (Å²) in [4.78, 5) is 0. The predicted molar refractivity (Wildman–Crippen MR) is 58.3 cm³/mol. The van der Waals surface area contributed by atoms with Crippen molar-refractivity contribution < 1.29 is 8.42 Å². The Bertz CT molecular complexity index is 250. The van der Waals surface area contributed by atoms with Gasteiger partial charge in [-0.05, 0) is 31.6 Å². The van der Waals surface area contributed by atoms with E-state index in [1.807, 2.05) is 0 Å². The van der Waals surface area contributed by atoms with Crippen LogP contribution in [0.1, 0.15) is 25.7 Å². The number of hydrogen-bond acceptors (Lipinski definition) is 3. The highest BCUT2D eigenvalue weighted by atomic mass is 35.5. The van der Waals surface area contributed by atoms with Gasteiger partial charge in [0.25, 0.3) is 10.2 Å². The number of nitrogens with two attached hydrogens (primary N) is 2. The molecule has 1 aliphatic rings. The Morgan fingerprint density at radius 3 is 2.14 bits per heavy atom. The van der Waals surface area contributed by atoms with E-state index in [0.717, 1.165) is 25.7 Å². The summed E-state index contributed by atoms with van der Waals surface area (Å²) in [5, 5.41) is 4.82. The van der Waals surface area contributed by atoms with E-state index >= 15 is 0 Å². The molecule has 5 N–H and O–H groups in total. The Hall–Kier alpha value is 0.120. The van der Waals surface area contributed by atoms with Gasteiger partial charge in [-0.2, -0.15) is 8.42 Å². The van der Waals surface area contributed by atoms with Gasteiger partial charge in [-0.25, -0.2) is 9.86 Å². The van der Waals surface area contributed by atoms with Crippen molar-refractivity contribution in [2.45, 2.75) is 31.7 Å². The lowest BCUT2D eigenvalue weighted by Crippen LogP contribution is -2.37. The highest BCUT2D eigenvalue weighted by Crippen LogP contribution is 2.22. The van der Waals surface area contributed by atoms with E-state index in [9.17, 15) is 8.42 Å². The summed E-state index contributed by atoms with van der Waals surface area (Å²) < 4.78 is 23.5. The van der Waals surface area contributed by atoms with Gasteiger partial charge in [-0.3, -0.25) is 0 Å². The minimum Gasteiger partial charge on any atom is -0.328 e. The molecule has 0 aromatic carbocycles. The zero-order valence-electron chi connectivity index (χ0n) is 7.98. The van der Waals surface area contributed by atoms with Crippen LogP contribution in [0.4, 0.5) is 0 Å². The molecule has 5 nitrogen and oxygen atoms in total. The molecular formula is C7H18ClN3O2S. The normalized spacial score (nSPS) is 28.1. The minimum atomic E-state index is -3.52. The van der Waals surface area contributed by atoms with Crippen molar-refractivity contribution in [1.29, 1.82) is 0 Å². The average molecular weight is 244 g/mol. The number of hydrogen-bond donors (Lipinski definition) is 3. The molecule has 0 spiro atoms. The lowest BCUT2D eigenvalue weighted by Gasteiger charge is -2.25. The third kappa shape index (κ3) is 5.77. The van der Waals surface area contributed by atoms with Gasteiger partial charge in [0.05, 0.1) is 0 Å². The molecular weight excluding hydrogens is 226 g/mol. The van der Waals surface area contributed by atoms with Crippen LogP contribution >= 0.6 is 12.4 Å². The molecule has 0 aliphatic heterocycles. The van der Waals surface area contributed by atoms with Gasteiger partial charge in [-0.15, -0.1) is 12.4 Å². The van der Waals surface area contributed by atoms with Crippen LogP contribution in [0.3, 0.4) is 0 Å². The van der Waals surface area contributed by atoms with Crippen molar-refractivity contribution in [3.8, 4) is 0 Å². The van der Waals surface area contributed by atoms with Crippen molar-refractivity contribution in [1.82, 2.24) is 4.72 Å². The molecule has 0 bridgehead atoms. The molecule has 1 saturated carbocycles. The smallest absolute Gasteiger partial charge is 0.274 e. The fraction of sp³-hybridized carbons (Fsp3) is 1.00. The largest absolute Gasteiger partial charge is 0.328 e. The summed E-state index contributed by atoms with van der Waals surface area (Å²) in [6.07, 6.45) is 3.95. The maximum atomic E-state index is 10.6. The maximum Gasteiger partial charge on any atom is 0.274 e. The van der Waals surface area contributed by atoms with E-state index in [2.05, 4.69) is 4.72 Å². The molecule has 0 aromatic rings. The highest BCUT2D eigenvalue weighted by molar-refractivity contribution is 7.87. The van der Waals surface area contributed by atoms with Crippen LogP contribution in [0.15, 0.2) is 0 Å². The summed E-state index contributed by atoms with van der Waals surface area (Å²) in [7, 11) is -3.52. The molecule has 0 saturated heterocycles. The molecule has 86 valence electrons. The summed E-state index contributed by atoms with van der Waals surface area (Å²) in [6.45, 7) is 0.450. The SMILES string of the molecule is Cl.NC1CCC(CNS(N)(=O)=O)CC1. The molecule has 0 atom stereocenters. The number of nitrogens with one attached hydrogen (secondary N) is 1. The molecule has 0 heterocycles. The van der Waals surface area contributed by atoms with Crippen molar-refractivity contribution in [2.24, 2.45) is 16.8 Å². The Morgan fingerprint density at radius 2 is 1.71 bits per heavy atom. The van der Waals surface area contributed by atoms with Gasteiger partial charge in [0.1, 0.15) is 0 Å². The summed E-state index contributed by atoms with van der Waals surface area (Å²) in [5.74, 6) is 0.401. The molecule has 0 radical (unpaired) electrons. The van der Waals surface area contributed by atoms with Gasteiger partial charge in [0.15, 0.2) is 0 Å². The first-order chi connectivity index (χ1) is 5.97. The fourth-order valence-electron chi connectivity index (χ4n) is 1.63. The molecule has 0 amide bonds. The van der Waals surface area contributed by atoms with Crippen LogP contribution in [-0.4, -0.2) is 21.0 Å². The van der Waals surface area contributed by atoms with E-state index in [1.54, 1.807) is 0 Å². The zero-order valence-corrected chi connectivity index (χ0v) is 9.61. The molecule has 1 rings (SSSR count). The van der Waals surface area contributed by atoms with E-state index in [0.29, 0.717) is 18.5 Å². The van der Waals surface area contributed by atoms with E-state index in [4.69, 9.17) is 10.9 Å². The van der Waals surface area contributed by atoms with Crippen LogP contribution < -0.4 is 15.6 Å². The number of halogens is 1. The zero-order chi connectivity index (χ0) is 9.90. The molecule has 1 aliphatic carbocycles.